The van der Waals surface area contributed by atoms with Crippen LogP contribution in [0.1, 0.15) is 19.8 Å². The zero-order valence-corrected chi connectivity index (χ0v) is 11.8. The van der Waals surface area contributed by atoms with Gasteiger partial charge in [-0.1, -0.05) is 6.07 Å². The van der Waals surface area contributed by atoms with E-state index in [1.54, 1.807) is 6.92 Å². The third-order valence-corrected chi connectivity index (χ3v) is 6.12. The first-order valence-electron chi connectivity index (χ1n) is 6.22. The molecule has 2 rings (SSSR count). The van der Waals surface area contributed by atoms with Gasteiger partial charge in [-0.3, -0.25) is 0 Å². The summed E-state index contributed by atoms with van der Waals surface area (Å²) >= 11 is 0. The zero-order chi connectivity index (χ0) is 14.8. The average molecular weight is 306 g/mol. The second-order valence-corrected chi connectivity index (χ2v) is 7.38. The second-order valence-electron chi connectivity index (χ2n) is 4.92. The van der Waals surface area contributed by atoms with Crippen LogP contribution in [0.5, 0.6) is 5.75 Å². The molecule has 20 heavy (non-hydrogen) atoms. The van der Waals surface area contributed by atoms with E-state index in [4.69, 9.17) is 4.74 Å². The van der Waals surface area contributed by atoms with Crippen LogP contribution in [-0.4, -0.2) is 33.0 Å². The fourth-order valence-electron chi connectivity index (χ4n) is 2.17. The van der Waals surface area contributed by atoms with Crippen molar-refractivity contribution in [2.24, 2.45) is 0 Å². The van der Waals surface area contributed by atoms with Gasteiger partial charge >= 0.3 is 6.61 Å². The molecule has 1 aliphatic heterocycles. The molecule has 0 N–H and O–H groups in total. The molecule has 0 aliphatic carbocycles. The van der Waals surface area contributed by atoms with E-state index < -0.39 is 21.2 Å². The predicted molar refractivity (Wildman–Crippen MR) is 68.7 cm³/mol. The van der Waals surface area contributed by atoms with Crippen molar-refractivity contribution in [1.82, 2.24) is 0 Å². The van der Waals surface area contributed by atoms with Crippen LogP contribution in [0.15, 0.2) is 29.2 Å². The minimum atomic E-state index is -3.62. The van der Waals surface area contributed by atoms with Crippen molar-refractivity contribution in [2.75, 3.05) is 13.2 Å². The summed E-state index contributed by atoms with van der Waals surface area (Å²) in [6, 6.07) is 5.24. The van der Waals surface area contributed by atoms with Gasteiger partial charge in [-0.2, -0.15) is 8.78 Å². The fraction of sp³-hybridized carbons (Fsp3) is 0.538. The Labute approximate surface area is 116 Å². The van der Waals surface area contributed by atoms with Gasteiger partial charge in [0, 0.05) is 13.2 Å². The Balaban J connectivity index is 2.34. The van der Waals surface area contributed by atoms with Crippen LogP contribution in [0.2, 0.25) is 0 Å². The molecule has 0 atom stereocenters. The molecule has 4 nitrogen and oxygen atoms in total. The number of sulfone groups is 1. The van der Waals surface area contributed by atoms with E-state index in [9.17, 15) is 17.2 Å². The molecule has 1 aromatic carbocycles. The lowest BCUT2D eigenvalue weighted by Gasteiger charge is -2.33. The maximum Gasteiger partial charge on any atom is 0.387 e. The van der Waals surface area contributed by atoms with Crippen molar-refractivity contribution < 1.29 is 26.7 Å². The molecule has 0 bridgehead atoms. The summed E-state index contributed by atoms with van der Waals surface area (Å²) in [6.45, 7) is -0.566. The Hall–Kier alpha value is -1.21. The summed E-state index contributed by atoms with van der Waals surface area (Å²) in [5.74, 6) is -0.156. The van der Waals surface area contributed by atoms with Gasteiger partial charge in [0.05, 0.1) is 9.64 Å². The summed E-state index contributed by atoms with van der Waals surface area (Å²) in [5, 5.41) is 0. The van der Waals surface area contributed by atoms with Crippen LogP contribution in [0, 0.1) is 0 Å². The number of halogens is 2. The first kappa shape index (κ1) is 15.2. The van der Waals surface area contributed by atoms with Crippen LogP contribution in [0.4, 0.5) is 8.78 Å². The Morgan fingerprint density at radius 2 is 1.95 bits per heavy atom. The highest BCUT2D eigenvalue weighted by Crippen LogP contribution is 2.35. The Morgan fingerprint density at radius 1 is 1.30 bits per heavy atom. The van der Waals surface area contributed by atoms with Crippen LogP contribution in [-0.2, 0) is 14.6 Å². The molecule has 1 aromatic rings. The summed E-state index contributed by atoms with van der Waals surface area (Å²) in [7, 11) is -3.62. The molecular weight excluding hydrogens is 290 g/mol. The summed E-state index contributed by atoms with van der Waals surface area (Å²) in [6.07, 6.45) is 0.768. The molecular formula is C13H16F2O4S. The largest absolute Gasteiger partial charge is 0.435 e. The van der Waals surface area contributed by atoms with Gasteiger partial charge in [0.1, 0.15) is 5.75 Å². The molecule has 1 fully saturated rings. The van der Waals surface area contributed by atoms with Crippen LogP contribution in [0.3, 0.4) is 0 Å². The van der Waals surface area contributed by atoms with Crippen LogP contribution < -0.4 is 4.74 Å². The summed E-state index contributed by atoms with van der Waals surface area (Å²) < 4.78 is 58.2. The number of ether oxygens (including phenoxy) is 2. The fourth-order valence-corrected chi connectivity index (χ4v) is 3.98. The first-order chi connectivity index (χ1) is 9.35. The third kappa shape index (κ3) is 2.93. The normalized spacial score (nSPS) is 19.0. The highest BCUT2D eigenvalue weighted by Gasteiger charge is 2.41. The first-order valence-corrected chi connectivity index (χ1v) is 7.71. The van der Waals surface area contributed by atoms with Gasteiger partial charge in [-0.05, 0) is 38.0 Å². The van der Waals surface area contributed by atoms with Gasteiger partial charge in [0.25, 0.3) is 0 Å². The molecule has 1 saturated heterocycles. The van der Waals surface area contributed by atoms with E-state index in [2.05, 4.69) is 4.74 Å². The molecule has 0 amide bonds. The number of hydrogen-bond donors (Lipinski definition) is 0. The monoisotopic (exact) mass is 306 g/mol. The molecule has 0 saturated carbocycles. The van der Waals surface area contributed by atoms with Crippen molar-refractivity contribution in [3.05, 3.63) is 24.3 Å². The van der Waals surface area contributed by atoms with Gasteiger partial charge in [-0.15, -0.1) is 0 Å². The summed E-state index contributed by atoms with van der Waals surface area (Å²) in [4.78, 5) is 0.0000463. The number of rotatable bonds is 4. The quantitative estimate of drug-likeness (QED) is 0.858. The van der Waals surface area contributed by atoms with E-state index in [0.717, 1.165) is 6.07 Å². The van der Waals surface area contributed by atoms with Crippen molar-refractivity contribution in [2.45, 2.75) is 36.0 Å². The lowest BCUT2D eigenvalue weighted by atomic mass is 10.0. The van der Waals surface area contributed by atoms with E-state index >= 15 is 0 Å². The van der Waals surface area contributed by atoms with Crippen molar-refractivity contribution >= 4 is 9.84 Å². The average Bonchev–Trinajstić information content (AvgIpc) is 2.39. The van der Waals surface area contributed by atoms with Gasteiger partial charge < -0.3 is 9.47 Å². The summed E-state index contributed by atoms with van der Waals surface area (Å²) in [5.41, 5.74) is 0. The Morgan fingerprint density at radius 3 is 2.55 bits per heavy atom. The molecule has 0 radical (unpaired) electrons. The number of benzene rings is 1. The van der Waals surface area contributed by atoms with Crippen molar-refractivity contribution in [3.63, 3.8) is 0 Å². The molecule has 0 unspecified atom stereocenters. The van der Waals surface area contributed by atoms with Gasteiger partial charge in [0.15, 0.2) is 9.84 Å². The standard InChI is InChI=1S/C13H16F2O4S/c1-13(5-7-18-8-6-13)20(16,17)11-4-2-3-10(9-11)19-12(14)15/h2-4,9,12H,5-8H2,1H3. The number of hydrogen-bond acceptors (Lipinski definition) is 4. The number of alkyl halides is 2. The van der Waals surface area contributed by atoms with E-state index in [1.807, 2.05) is 0 Å². The Bertz CT molecular complexity index is 565. The molecule has 0 spiro atoms. The zero-order valence-electron chi connectivity index (χ0n) is 11.0. The lowest BCUT2D eigenvalue weighted by Crippen LogP contribution is -2.41. The van der Waals surface area contributed by atoms with E-state index in [-0.39, 0.29) is 10.6 Å². The van der Waals surface area contributed by atoms with Crippen molar-refractivity contribution in [1.29, 1.82) is 0 Å². The molecule has 0 aromatic heterocycles. The molecule has 7 heteroatoms. The maximum atomic E-state index is 12.6. The third-order valence-electron chi connectivity index (χ3n) is 3.54. The smallest absolute Gasteiger partial charge is 0.387 e. The topological polar surface area (TPSA) is 52.6 Å². The van der Waals surface area contributed by atoms with Gasteiger partial charge in [-0.25, -0.2) is 8.42 Å². The van der Waals surface area contributed by atoms with Crippen LogP contribution >= 0.6 is 0 Å². The van der Waals surface area contributed by atoms with E-state index in [0.29, 0.717) is 26.1 Å². The minimum absolute atomic E-state index is 0.0000463. The van der Waals surface area contributed by atoms with Crippen LogP contribution in [0.25, 0.3) is 0 Å². The predicted octanol–water partition coefficient (Wildman–Crippen LogP) is 2.63. The van der Waals surface area contributed by atoms with Gasteiger partial charge in [0.2, 0.25) is 0 Å². The second kappa shape index (κ2) is 5.65. The minimum Gasteiger partial charge on any atom is -0.435 e. The van der Waals surface area contributed by atoms with Crippen molar-refractivity contribution in [3.8, 4) is 5.75 Å². The maximum absolute atomic E-state index is 12.6. The Kier molecular flexibility index (Phi) is 4.29. The SMILES string of the molecule is CC1(S(=O)(=O)c2cccc(OC(F)F)c2)CCOCC1. The molecule has 1 aliphatic rings. The highest BCUT2D eigenvalue weighted by molar-refractivity contribution is 7.92. The lowest BCUT2D eigenvalue weighted by molar-refractivity contribution is -0.0499. The molecule has 112 valence electrons. The molecule has 1 heterocycles. The highest BCUT2D eigenvalue weighted by atomic mass is 32.2. The van der Waals surface area contributed by atoms with E-state index in [1.165, 1.54) is 18.2 Å².